The van der Waals surface area contributed by atoms with Gasteiger partial charge in [0.25, 0.3) is 0 Å². The Kier molecular flexibility index (Phi) is 4.97. The van der Waals surface area contributed by atoms with Gasteiger partial charge in [-0.05, 0) is 19.4 Å². The van der Waals surface area contributed by atoms with E-state index in [9.17, 15) is 5.11 Å². The zero-order valence-corrected chi connectivity index (χ0v) is 11.9. The van der Waals surface area contributed by atoms with Gasteiger partial charge in [-0.1, -0.05) is 29.8 Å². The topological polar surface area (TPSA) is 38.7 Å². The van der Waals surface area contributed by atoms with Gasteiger partial charge >= 0.3 is 0 Å². The number of aryl methyl sites for hydroxylation is 1. The number of rotatable bonds is 5. The van der Waals surface area contributed by atoms with Crippen molar-refractivity contribution in [3.05, 3.63) is 35.4 Å². The highest BCUT2D eigenvalue weighted by atomic mass is 16.5. The number of aliphatic hydroxyl groups excluding tert-OH is 1. The highest BCUT2D eigenvalue weighted by molar-refractivity contribution is 5.23. The molecule has 106 valence electrons. The van der Waals surface area contributed by atoms with Crippen LogP contribution in [0.4, 0.5) is 0 Å². The molecule has 0 radical (unpaired) electrons. The fourth-order valence-corrected chi connectivity index (χ4v) is 2.83. The van der Waals surface area contributed by atoms with E-state index in [1.54, 1.807) is 0 Å². The van der Waals surface area contributed by atoms with Crippen molar-refractivity contribution in [3.8, 4) is 0 Å². The third-order valence-electron chi connectivity index (χ3n) is 3.89. The van der Waals surface area contributed by atoms with Crippen LogP contribution in [-0.4, -0.2) is 36.6 Å². The molecule has 1 aromatic carbocycles. The Morgan fingerprint density at radius 1 is 1.37 bits per heavy atom. The van der Waals surface area contributed by atoms with Crippen LogP contribution < -0.4 is 0 Å². The van der Waals surface area contributed by atoms with Crippen LogP contribution in [0.15, 0.2) is 24.3 Å². The standard InChI is InChI=1S/C16H24O3/c1-3-19-16(7-9-18-10-8-16)15(17)12-14-6-4-5-13(2)11-14/h4-6,11,15,17H,3,7-10,12H2,1-2H3. The minimum absolute atomic E-state index is 0.434. The molecule has 1 aliphatic heterocycles. The first-order valence-corrected chi connectivity index (χ1v) is 7.11. The van der Waals surface area contributed by atoms with Crippen molar-refractivity contribution in [2.45, 2.75) is 44.8 Å². The Morgan fingerprint density at radius 2 is 2.11 bits per heavy atom. The van der Waals surface area contributed by atoms with Crippen LogP contribution in [0.2, 0.25) is 0 Å². The fourth-order valence-electron chi connectivity index (χ4n) is 2.83. The van der Waals surface area contributed by atoms with Gasteiger partial charge in [-0.25, -0.2) is 0 Å². The van der Waals surface area contributed by atoms with E-state index in [1.165, 1.54) is 5.56 Å². The first-order valence-electron chi connectivity index (χ1n) is 7.11. The summed E-state index contributed by atoms with van der Waals surface area (Å²) in [6, 6.07) is 8.30. The second-order valence-corrected chi connectivity index (χ2v) is 5.32. The van der Waals surface area contributed by atoms with Crippen LogP contribution in [0.5, 0.6) is 0 Å². The fraction of sp³-hybridized carbons (Fsp3) is 0.625. The SMILES string of the molecule is CCOC1(C(O)Cc2cccc(C)c2)CCOCC1. The molecule has 1 fully saturated rings. The summed E-state index contributed by atoms with van der Waals surface area (Å²) in [5.74, 6) is 0. The maximum atomic E-state index is 10.6. The monoisotopic (exact) mass is 264 g/mol. The van der Waals surface area contributed by atoms with Crippen LogP contribution >= 0.6 is 0 Å². The smallest absolute Gasteiger partial charge is 0.0987 e. The van der Waals surface area contributed by atoms with E-state index in [4.69, 9.17) is 9.47 Å². The normalized spacial score (nSPS) is 20.2. The molecule has 0 aliphatic carbocycles. The molecule has 0 aromatic heterocycles. The first kappa shape index (κ1) is 14.5. The maximum Gasteiger partial charge on any atom is 0.0987 e. The Bertz CT molecular complexity index is 391. The van der Waals surface area contributed by atoms with Gasteiger partial charge in [-0.15, -0.1) is 0 Å². The third-order valence-corrected chi connectivity index (χ3v) is 3.89. The van der Waals surface area contributed by atoms with Gasteiger partial charge in [0.1, 0.15) is 0 Å². The molecule has 2 rings (SSSR count). The van der Waals surface area contributed by atoms with Crippen LogP contribution in [0, 0.1) is 6.92 Å². The van der Waals surface area contributed by atoms with E-state index in [2.05, 4.69) is 25.1 Å². The van der Waals surface area contributed by atoms with Gasteiger partial charge in [0, 0.05) is 39.1 Å². The molecule has 1 saturated heterocycles. The summed E-state index contributed by atoms with van der Waals surface area (Å²) in [6.07, 6.45) is 1.71. The van der Waals surface area contributed by atoms with Crippen LogP contribution in [0.1, 0.15) is 30.9 Å². The molecule has 0 spiro atoms. The van der Waals surface area contributed by atoms with Gasteiger partial charge in [0.2, 0.25) is 0 Å². The molecule has 1 N–H and O–H groups in total. The molecule has 0 amide bonds. The predicted octanol–water partition coefficient (Wildman–Crippen LogP) is 2.48. The zero-order chi connectivity index (χ0) is 13.7. The summed E-state index contributed by atoms with van der Waals surface area (Å²) in [7, 11) is 0. The van der Waals surface area contributed by atoms with Crippen molar-refractivity contribution < 1.29 is 14.6 Å². The maximum absolute atomic E-state index is 10.6. The van der Waals surface area contributed by atoms with E-state index in [-0.39, 0.29) is 0 Å². The first-order chi connectivity index (χ1) is 9.16. The molecule has 1 aromatic rings. The molecule has 1 aliphatic rings. The molecule has 3 heteroatoms. The second kappa shape index (κ2) is 6.51. The Morgan fingerprint density at radius 3 is 2.74 bits per heavy atom. The number of hydrogen-bond acceptors (Lipinski definition) is 3. The summed E-state index contributed by atoms with van der Waals surface area (Å²) >= 11 is 0. The molecule has 1 unspecified atom stereocenters. The van der Waals surface area contributed by atoms with Crippen molar-refractivity contribution >= 4 is 0 Å². The summed E-state index contributed by atoms with van der Waals surface area (Å²) < 4.78 is 11.3. The molecule has 1 heterocycles. The van der Waals surface area contributed by atoms with E-state index in [1.807, 2.05) is 13.0 Å². The molecular formula is C16H24O3. The Hall–Kier alpha value is -0.900. The minimum Gasteiger partial charge on any atom is -0.390 e. The predicted molar refractivity (Wildman–Crippen MR) is 75.3 cm³/mol. The van der Waals surface area contributed by atoms with Gasteiger partial charge in [-0.2, -0.15) is 0 Å². The van der Waals surface area contributed by atoms with Crippen molar-refractivity contribution in [3.63, 3.8) is 0 Å². The van der Waals surface area contributed by atoms with E-state index < -0.39 is 11.7 Å². The lowest BCUT2D eigenvalue weighted by atomic mass is 9.84. The summed E-state index contributed by atoms with van der Waals surface area (Å²) in [5, 5.41) is 10.6. The van der Waals surface area contributed by atoms with Crippen LogP contribution in [0.25, 0.3) is 0 Å². The average Bonchev–Trinajstić information content (AvgIpc) is 2.40. The van der Waals surface area contributed by atoms with Crippen LogP contribution in [-0.2, 0) is 15.9 Å². The lowest BCUT2D eigenvalue weighted by Gasteiger charge is -2.40. The quantitative estimate of drug-likeness (QED) is 0.888. The molecule has 3 nitrogen and oxygen atoms in total. The number of aliphatic hydroxyl groups is 1. The van der Waals surface area contributed by atoms with Crippen molar-refractivity contribution in [1.82, 2.24) is 0 Å². The number of benzene rings is 1. The Labute approximate surface area is 115 Å². The lowest BCUT2D eigenvalue weighted by molar-refractivity contribution is -0.165. The highest BCUT2D eigenvalue weighted by Crippen LogP contribution is 2.30. The zero-order valence-electron chi connectivity index (χ0n) is 11.9. The van der Waals surface area contributed by atoms with E-state index >= 15 is 0 Å². The molecular weight excluding hydrogens is 240 g/mol. The van der Waals surface area contributed by atoms with Gasteiger partial charge < -0.3 is 14.6 Å². The lowest BCUT2D eigenvalue weighted by Crippen LogP contribution is -2.50. The largest absolute Gasteiger partial charge is 0.390 e. The summed E-state index contributed by atoms with van der Waals surface area (Å²) in [4.78, 5) is 0. The number of hydrogen-bond donors (Lipinski definition) is 1. The molecule has 19 heavy (non-hydrogen) atoms. The van der Waals surface area contributed by atoms with Crippen molar-refractivity contribution in [2.24, 2.45) is 0 Å². The minimum atomic E-state index is -0.474. The summed E-state index contributed by atoms with van der Waals surface area (Å²) in [5.41, 5.74) is 1.96. The Balaban J connectivity index is 2.08. The van der Waals surface area contributed by atoms with E-state index in [0.717, 1.165) is 18.4 Å². The molecule has 1 atom stereocenters. The highest BCUT2D eigenvalue weighted by Gasteiger charge is 2.40. The summed E-state index contributed by atoms with van der Waals surface area (Å²) in [6.45, 7) is 6.03. The molecule has 0 saturated carbocycles. The average molecular weight is 264 g/mol. The number of ether oxygens (including phenoxy) is 2. The van der Waals surface area contributed by atoms with Crippen molar-refractivity contribution in [2.75, 3.05) is 19.8 Å². The van der Waals surface area contributed by atoms with Crippen molar-refractivity contribution in [1.29, 1.82) is 0 Å². The third kappa shape index (κ3) is 3.56. The second-order valence-electron chi connectivity index (χ2n) is 5.32. The van der Waals surface area contributed by atoms with Gasteiger partial charge in [-0.3, -0.25) is 0 Å². The van der Waals surface area contributed by atoms with Gasteiger partial charge in [0.15, 0.2) is 0 Å². The van der Waals surface area contributed by atoms with Crippen LogP contribution in [0.3, 0.4) is 0 Å². The van der Waals surface area contributed by atoms with E-state index in [0.29, 0.717) is 26.2 Å². The molecule has 0 bridgehead atoms. The van der Waals surface area contributed by atoms with Gasteiger partial charge in [0.05, 0.1) is 11.7 Å².